The van der Waals surface area contributed by atoms with E-state index in [2.05, 4.69) is 58.2 Å². The quantitative estimate of drug-likeness (QED) is 0.587. The Morgan fingerprint density at radius 2 is 2.05 bits per heavy atom. The highest BCUT2D eigenvalue weighted by molar-refractivity contribution is 5.44. The van der Waals surface area contributed by atoms with Crippen LogP contribution in [0.15, 0.2) is 59.7 Å². The smallest absolute Gasteiger partial charge is 0.144 e. The molecular weight excluding hydrogens is 258 g/mol. The molecule has 21 heavy (non-hydrogen) atoms. The van der Waals surface area contributed by atoms with Gasteiger partial charge in [0.2, 0.25) is 0 Å². The molecule has 0 aliphatic carbocycles. The zero-order valence-electron chi connectivity index (χ0n) is 14.2. The van der Waals surface area contributed by atoms with Crippen molar-refractivity contribution in [1.29, 1.82) is 0 Å². The fourth-order valence-corrected chi connectivity index (χ4v) is 2.52. The lowest BCUT2D eigenvalue weighted by Gasteiger charge is -2.31. The lowest BCUT2D eigenvalue weighted by Crippen LogP contribution is -2.23. The van der Waals surface area contributed by atoms with Crippen molar-refractivity contribution in [3.63, 3.8) is 0 Å². The first kappa shape index (κ1) is 17.4. The molecule has 0 saturated heterocycles. The predicted octanol–water partition coefficient (Wildman–Crippen LogP) is 5.33. The maximum atomic E-state index is 6.28. The van der Waals surface area contributed by atoms with Crippen molar-refractivity contribution >= 4 is 0 Å². The molecule has 0 unspecified atom stereocenters. The van der Waals surface area contributed by atoms with Gasteiger partial charge in [0.05, 0.1) is 5.70 Å². The molecule has 2 nitrogen and oxygen atoms in total. The van der Waals surface area contributed by atoms with E-state index in [1.54, 1.807) is 0 Å². The molecule has 116 valence electrons. The van der Waals surface area contributed by atoms with Gasteiger partial charge in [0.25, 0.3) is 0 Å². The van der Waals surface area contributed by atoms with Crippen LogP contribution in [0, 0.1) is 0 Å². The van der Waals surface area contributed by atoms with Gasteiger partial charge in [-0.2, -0.15) is 0 Å². The molecule has 0 aromatic carbocycles. The van der Waals surface area contributed by atoms with Gasteiger partial charge in [-0.1, -0.05) is 40.0 Å². The van der Waals surface area contributed by atoms with Crippen molar-refractivity contribution in [2.45, 2.75) is 53.1 Å². The molecule has 0 aromatic heterocycles. The minimum Gasteiger partial charge on any atom is -0.484 e. The van der Waals surface area contributed by atoms with E-state index < -0.39 is 0 Å². The highest BCUT2D eigenvalue weighted by atomic mass is 16.5. The average Bonchev–Trinajstić information content (AvgIpc) is 2.47. The topological polar surface area (TPSA) is 12.5 Å². The van der Waals surface area contributed by atoms with Crippen molar-refractivity contribution in [3.05, 3.63) is 59.7 Å². The normalized spacial score (nSPS) is 18.6. The van der Waals surface area contributed by atoms with Gasteiger partial charge >= 0.3 is 0 Å². The minimum atomic E-state index is 0.0544. The molecule has 1 heterocycles. The summed E-state index contributed by atoms with van der Waals surface area (Å²) < 4.78 is 6.28. The molecule has 0 amide bonds. The highest BCUT2D eigenvalue weighted by Crippen LogP contribution is 2.31. The highest BCUT2D eigenvalue weighted by Gasteiger charge is 2.22. The third kappa shape index (κ3) is 4.13. The Kier molecular flexibility index (Phi) is 6.54. The summed E-state index contributed by atoms with van der Waals surface area (Å²) in [5, 5.41) is 0. The summed E-state index contributed by atoms with van der Waals surface area (Å²) in [7, 11) is 2.07. The number of hydrogen-bond acceptors (Lipinski definition) is 2. The summed E-state index contributed by atoms with van der Waals surface area (Å²) in [6.07, 6.45) is 9.15. The molecule has 0 spiro atoms. The van der Waals surface area contributed by atoms with E-state index in [1.807, 2.05) is 13.0 Å². The van der Waals surface area contributed by atoms with Crippen LogP contribution in [0.25, 0.3) is 0 Å². The minimum absolute atomic E-state index is 0.0544. The fourth-order valence-electron chi connectivity index (χ4n) is 2.52. The Labute approximate surface area is 130 Å². The fraction of sp³-hybridized carbons (Fsp3) is 0.474. The van der Waals surface area contributed by atoms with Gasteiger partial charge in [0, 0.05) is 13.2 Å². The largest absolute Gasteiger partial charge is 0.484 e. The third-order valence-corrected chi connectivity index (χ3v) is 3.79. The predicted molar refractivity (Wildman–Crippen MR) is 91.7 cm³/mol. The molecule has 0 aromatic rings. The van der Waals surface area contributed by atoms with E-state index >= 15 is 0 Å². The molecule has 0 saturated carbocycles. The van der Waals surface area contributed by atoms with Crippen LogP contribution in [0.4, 0.5) is 0 Å². The molecule has 1 aliphatic rings. The number of hydrogen-bond donors (Lipinski definition) is 0. The number of rotatable bonds is 7. The Morgan fingerprint density at radius 3 is 2.48 bits per heavy atom. The Bertz CT molecular complexity index is 494. The number of allylic oxidation sites excluding steroid dienone is 4. The first-order valence-corrected chi connectivity index (χ1v) is 7.81. The number of likely N-dealkylation sites (N-methyl/N-ethyl adjacent to an activating group) is 1. The van der Waals surface area contributed by atoms with Gasteiger partial charge in [-0.25, -0.2) is 0 Å². The van der Waals surface area contributed by atoms with Crippen LogP contribution < -0.4 is 0 Å². The first-order chi connectivity index (χ1) is 9.98. The number of ether oxygens (including phenoxy) is 1. The van der Waals surface area contributed by atoms with Crippen molar-refractivity contribution < 1.29 is 4.74 Å². The number of nitrogens with zero attached hydrogens (tertiary/aromatic N) is 1. The van der Waals surface area contributed by atoms with E-state index in [4.69, 9.17) is 4.74 Å². The molecule has 1 aliphatic heterocycles. The molecule has 0 N–H and O–H groups in total. The van der Waals surface area contributed by atoms with E-state index in [0.29, 0.717) is 0 Å². The second-order valence-electron chi connectivity index (χ2n) is 5.47. The second-order valence-corrected chi connectivity index (χ2v) is 5.47. The maximum Gasteiger partial charge on any atom is 0.144 e. The van der Waals surface area contributed by atoms with Crippen molar-refractivity contribution in [1.82, 2.24) is 4.90 Å². The molecule has 0 fully saturated rings. The van der Waals surface area contributed by atoms with Crippen molar-refractivity contribution in [3.8, 4) is 0 Å². The van der Waals surface area contributed by atoms with Crippen LogP contribution in [-0.4, -0.2) is 18.1 Å². The van der Waals surface area contributed by atoms with Crippen LogP contribution >= 0.6 is 0 Å². The van der Waals surface area contributed by atoms with Crippen LogP contribution in [0.1, 0.15) is 47.0 Å². The summed E-state index contributed by atoms with van der Waals surface area (Å²) >= 11 is 0. The van der Waals surface area contributed by atoms with Gasteiger partial charge < -0.3 is 9.64 Å². The Balaban J connectivity index is 3.27. The van der Waals surface area contributed by atoms with E-state index in [-0.39, 0.29) is 6.10 Å². The van der Waals surface area contributed by atoms with Gasteiger partial charge in [-0.3, -0.25) is 0 Å². The van der Waals surface area contributed by atoms with Crippen molar-refractivity contribution in [2.24, 2.45) is 0 Å². The lowest BCUT2D eigenvalue weighted by molar-refractivity contribution is 0.139. The summed E-state index contributed by atoms with van der Waals surface area (Å²) in [6.45, 7) is 16.4. The van der Waals surface area contributed by atoms with E-state index in [9.17, 15) is 0 Å². The summed E-state index contributed by atoms with van der Waals surface area (Å²) in [5.41, 5.74) is 4.65. The van der Waals surface area contributed by atoms with Crippen molar-refractivity contribution in [2.75, 3.05) is 7.05 Å². The zero-order chi connectivity index (χ0) is 16.0. The third-order valence-electron chi connectivity index (χ3n) is 3.79. The Morgan fingerprint density at radius 1 is 1.38 bits per heavy atom. The van der Waals surface area contributed by atoms with E-state index in [1.165, 1.54) is 11.1 Å². The molecule has 1 atom stereocenters. The van der Waals surface area contributed by atoms with Gasteiger partial charge in [-0.05, 0) is 49.0 Å². The Hall–Kier alpha value is -1.70. The molecule has 0 radical (unpaired) electrons. The zero-order valence-corrected chi connectivity index (χ0v) is 14.2. The molecule has 2 heteroatoms. The summed E-state index contributed by atoms with van der Waals surface area (Å²) in [5.74, 6) is 0.934. The van der Waals surface area contributed by atoms with Crippen LogP contribution in [0.2, 0.25) is 0 Å². The van der Waals surface area contributed by atoms with Crippen LogP contribution in [0.5, 0.6) is 0 Å². The van der Waals surface area contributed by atoms with Crippen LogP contribution in [-0.2, 0) is 4.74 Å². The SMILES string of the molecule is C=C/C(CC)=C1/C(O[C@H](CC)C(=C)C)=CC(CC)=CN1C. The molecule has 1 rings (SSSR count). The first-order valence-electron chi connectivity index (χ1n) is 7.81. The second kappa shape index (κ2) is 7.92. The monoisotopic (exact) mass is 287 g/mol. The maximum absolute atomic E-state index is 6.28. The van der Waals surface area contributed by atoms with E-state index in [0.717, 1.165) is 36.3 Å². The molecular formula is C19H29NO. The lowest BCUT2D eigenvalue weighted by atomic mass is 10.0. The van der Waals surface area contributed by atoms with Gasteiger partial charge in [-0.15, -0.1) is 0 Å². The van der Waals surface area contributed by atoms with Gasteiger partial charge in [0.1, 0.15) is 11.9 Å². The van der Waals surface area contributed by atoms with Gasteiger partial charge in [0.15, 0.2) is 0 Å². The van der Waals surface area contributed by atoms with Crippen LogP contribution in [0.3, 0.4) is 0 Å². The summed E-state index contributed by atoms with van der Waals surface area (Å²) in [6, 6.07) is 0. The average molecular weight is 287 g/mol. The summed E-state index contributed by atoms with van der Waals surface area (Å²) in [4.78, 5) is 2.15. The molecule has 0 bridgehead atoms. The standard InChI is InChI=1S/C19H29NO/c1-8-15-12-18(21-17(11-4)14(5)6)19(20(7)13-15)16(9-2)10-3/h9,12-13,17H,2,5,8,10-11H2,1,3-4,6-7H3/b19-16+/t17-/m1/s1.